The maximum absolute atomic E-state index is 8.56. The van der Waals surface area contributed by atoms with Gasteiger partial charge >= 0.3 is 0 Å². The van der Waals surface area contributed by atoms with E-state index in [-0.39, 0.29) is 15.9 Å². The van der Waals surface area contributed by atoms with E-state index in [0.29, 0.717) is 5.56 Å². The average molecular weight is 188 g/mol. The second-order valence-electron chi connectivity index (χ2n) is 1.89. The molecule has 0 aromatic carbocycles. The maximum Gasteiger partial charge on any atom is 0.169 e. The molecule has 0 saturated carbocycles. The molecular formula is C6H3Cl2N3. The molecule has 0 aliphatic rings. The summed E-state index contributed by atoms with van der Waals surface area (Å²) in [7, 11) is 0. The monoisotopic (exact) mass is 187 g/mol. The van der Waals surface area contributed by atoms with E-state index in [0.717, 1.165) is 0 Å². The van der Waals surface area contributed by atoms with Crippen molar-refractivity contribution in [2.45, 2.75) is 6.92 Å². The number of hydrogen-bond donors (Lipinski definition) is 0. The van der Waals surface area contributed by atoms with Gasteiger partial charge in [0.2, 0.25) is 0 Å². The van der Waals surface area contributed by atoms with Gasteiger partial charge in [0.1, 0.15) is 6.07 Å². The van der Waals surface area contributed by atoms with Gasteiger partial charge in [0.15, 0.2) is 10.3 Å². The lowest BCUT2D eigenvalue weighted by molar-refractivity contribution is 1.01. The summed E-state index contributed by atoms with van der Waals surface area (Å²) in [4.78, 5) is 0. The summed E-state index contributed by atoms with van der Waals surface area (Å²) >= 11 is 11.1. The molecule has 1 rings (SSSR count). The zero-order valence-electron chi connectivity index (χ0n) is 5.60. The van der Waals surface area contributed by atoms with Gasteiger partial charge in [0.05, 0.1) is 5.56 Å². The first-order valence-corrected chi connectivity index (χ1v) is 3.50. The van der Waals surface area contributed by atoms with E-state index in [1.54, 1.807) is 6.92 Å². The summed E-state index contributed by atoms with van der Waals surface area (Å²) in [5.41, 5.74) is 0.848. The number of aromatic nitrogens is 2. The largest absolute Gasteiger partial charge is 0.192 e. The molecule has 0 radical (unpaired) electrons. The molecule has 0 fully saturated rings. The maximum atomic E-state index is 8.56. The van der Waals surface area contributed by atoms with Crippen LogP contribution in [0.15, 0.2) is 0 Å². The standard InChI is InChI=1S/C6H3Cl2N3/c1-3-4(2-9)6(8)11-10-5(3)7/h1H3. The van der Waals surface area contributed by atoms with Crippen molar-refractivity contribution in [3.63, 3.8) is 0 Å². The van der Waals surface area contributed by atoms with Crippen molar-refractivity contribution in [1.82, 2.24) is 10.2 Å². The SMILES string of the molecule is Cc1c(Cl)nnc(Cl)c1C#N. The van der Waals surface area contributed by atoms with Crippen LogP contribution in [0.4, 0.5) is 0 Å². The molecule has 0 saturated heterocycles. The van der Waals surface area contributed by atoms with Gasteiger partial charge in [0.25, 0.3) is 0 Å². The molecular weight excluding hydrogens is 185 g/mol. The molecule has 11 heavy (non-hydrogen) atoms. The zero-order chi connectivity index (χ0) is 8.43. The van der Waals surface area contributed by atoms with Crippen molar-refractivity contribution in [2.24, 2.45) is 0 Å². The fourth-order valence-electron chi connectivity index (χ4n) is 0.601. The van der Waals surface area contributed by atoms with Gasteiger partial charge in [-0.05, 0) is 6.92 Å². The molecule has 0 amide bonds. The fraction of sp³-hybridized carbons (Fsp3) is 0.167. The third kappa shape index (κ3) is 1.42. The highest BCUT2D eigenvalue weighted by Crippen LogP contribution is 2.20. The third-order valence-corrected chi connectivity index (χ3v) is 1.85. The quantitative estimate of drug-likeness (QED) is 0.625. The first-order chi connectivity index (χ1) is 5.16. The minimum absolute atomic E-state index is 0.0920. The predicted molar refractivity (Wildman–Crippen MR) is 41.5 cm³/mol. The predicted octanol–water partition coefficient (Wildman–Crippen LogP) is 1.96. The molecule has 0 unspecified atom stereocenters. The van der Waals surface area contributed by atoms with Crippen LogP contribution in [0, 0.1) is 18.3 Å². The Hall–Kier alpha value is -0.850. The van der Waals surface area contributed by atoms with Crippen molar-refractivity contribution in [3.05, 3.63) is 21.4 Å². The topological polar surface area (TPSA) is 49.6 Å². The van der Waals surface area contributed by atoms with E-state index in [1.807, 2.05) is 6.07 Å². The zero-order valence-corrected chi connectivity index (χ0v) is 7.11. The number of nitriles is 1. The van der Waals surface area contributed by atoms with Gasteiger partial charge in [-0.1, -0.05) is 23.2 Å². The molecule has 0 bridgehead atoms. The van der Waals surface area contributed by atoms with Gasteiger partial charge in [-0.3, -0.25) is 0 Å². The second kappa shape index (κ2) is 3.04. The summed E-state index contributed by atoms with van der Waals surface area (Å²) in [6.45, 7) is 1.67. The molecule has 3 nitrogen and oxygen atoms in total. The van der Waals surface area contributed by atoms with E-state index < -0.39 is 0 Å². The Bertz CT molecular complexity index is 329. The van der Waals surface area contributed by atoms with Crippen LogP contribution in [-0.4, -0.2) is 10.2 Å². The van der Waals surface area contributed by atoms with Crippen molar-refractivity contribution < 1.29 is 0 Å². The molecule has 0 atom stereocenters. The van der Waals surface area contributed by atoms with Gasteiger partial charge in [-0.2, -0.15) is 5.26 Å². The van der Waals surface area contributed by atoms with Gasteiger partial charge in [-0.15, -0.1) is 10.2 Å². The first kappa shape index (κ1) is 8.25. The summed E-state index contributed by atoms with van der Waals surface area (Å²) in [5.74, 6) is 0. The highest BCUT2D eigenvalue weighted by atomic mass is 35.5. The van der Waals surface area contributed by atoms with Gasteiger partial charge in [-0.25, -0.2) is 0 Å². The summed E-state index contributed by atoms with van der Waals surface area (Å²) in [6.07, 6.45) is 0. The number of hydrogen-bond acceptors (Lipinski definition) is 3. The number of nitrogens with zero attached hydrogens (tertiary/aromatic N) is 3. The summed E-state index contributed by atoms with van der Waals surface area (Å²) in [6, 6.07) is 1.89. The van der Waals surface area contributed by atoms with E-state index in [1.165, 1.54) is 0 Å². The minimum atomic E-state index is 0.0920. The van der Waals surface area contributed by atoms with Gasteiger partial charge in [0, 0.05) is 5.56 Å². The molecule has 1 heterocycles. The first-order valence-electron chi connectivity index (χ1n) is 2.75. The van der Waals surface area contributed by atoms with E-state index in [2.05, 4.69) is 10.2 Å². The van der Waals surface area contributed by atoms with Crippen LogP contribution in [0.1, 0.15) is 11.1 Å². The minimum Gasteiger partial charge on any atom is -0.192 e. The van der Waals surface area contributed by atoms with Crippen molar-refractivity contribution in [1.29, 1.82) is 5.26 Å². The molecule has 56 valence electrons. The lowest BCUT2D eigenvalue weighted by Gasteiger charge is -1.97. The Morgan fingerprint density at radius 3 is 2.27 bits per heavy atom. The van der Waals surface area contributed by atoms with E-state index in [4.69, 9.17) is 28.5 Å². The molecule has 0 aliphatic carbocycles. The Morgan fingerprint density at radius 2 is 1.82 bits per heavy atom. The van der Waals surface area contributed by atoms with Gasteiger partial charge < -0.3 is 0 Å². The Balaban J connectivity index is 3.44. The number of rotatable bonds is 0. The Morgan fingerprint density at radius 1 is 1.27 bits per heavy atom. The van der Waals surface area contributed by atoms with Crippen LogP contribution in [0.25, 0.3) is 0 Å². The summed E-state index contributed by atoms with van der Waals surface area (Å²) in [5, 5.41) is 15.9. The van der Waals surface area contributed by atoms with Crippen LogP contribution < -0.4 is 0 Å². The van der Waals surface area contributed by atoms with Crippen LogP contribution in [0.5, 0.6) is 0 Å². The van der Waals surface area contributed by atoms with E-state index in [9.17, 15) is 0 Å². The van der Waals surface area contributed by atoms with Crippen molar-refractivity contribution in [2.75, 3.05) is 0 Å². The highest BCUT2D eigenvalue weighted by molar-refractivity contribution is 6.32. The molecule has 0 spiro atoms. The molecule has 1 aromatic rings. The van der Waals surface area contributed by atoms with Crippen LogP contribution in [0.3, 0.4) is 0 Å². The van der Waals surface area contributed by atoms with Crippen LogP contribution >= 0.6 is 23.2 Å². The molecule has 0 N–H and O–H groups in total. The molecule has 0 aliphatic heterocycles. The average Bonchev–Trinajstić information content (AvgIpc) is 1.99. The lowest BCUT2D eigenvalue weighted by Crippen LogP contribution is -1.92. The van der Waals surface area contributed by atoms with Crippen molar-refractivity contribution >= 4 is 23.2 Å². The number of halogens is 2. The van der Waals surface area contributed by atoms with Crippen LogP contribution in [-0.2, 0) is 0 Å². The molecule has 1 aromatic heterocycles. The summed E-state index contributed by atoms with van der Waals surface area (Å²) < 4.78 is 0. The normalized spacial score (nSPS) is 9.27. The lowest BCUT2D eigenvalue weighted by atomic mass is 10.2. The van der Waals surface area contributed by atoms with Crippen LogP contribution in [0.2, 0.25) is 10.3 Å². The second-order valence-corrected chi connectivity index (χ2v) is 2.61. The Kier molecular flexibility index (Phi) is 2.28. The third-order valence-electron chi connectivity index (χ3n) is 1.23. The fourth-order valence-corrected chi connectivity index (χ4v) is 0.955. The smallest absolute Gasteiger partial charge is 0.169 e. The van der Waals surface area contributed by atoms with E-state index >= 15 is 0 Å². The molecule has 5 heteroatoms. The van der Waals surface area contributed by atoms with Crippen molar-refractivity contribution in [3.8, 4) is 6.07 Å². The Labute approximate surface area is 73.6 Å². The highest BCUT2D eigenvalue weighted by Gasteiger charge is 2.08.